The Kier molecular flexibility index (Phi) is 3.69. The zero-order chi connectivity index (χ0) is 10.5. The first-order chi connectivity index (χ1) is 7.34. The third-order valence-corrected chi connectivity index (χ3v) is 2.67. The van der Waals surface area contributed by atoms with Gasteiger partial charge in [0.25, 0.3) is 0 Å². The van der Waals surface area contributed by atoms with Crippen LogP contribution in [0.1, 0.15) is 12.0 Å². The molecular formula is C12H16FNO. The lowest BCUT2D eigenvalue weighted by molar-refractivity contribution is 0.190. The van der Waals surface area contributed by atoms with E-state index in [2.05, 4.69) is 5.32 Å². The summed E-state index contributed by atoms with van der Waals surface area (Å²) >= 11 is 0. The van der Waals surface area contributed by atoms with E-state index < -0.39 is 0 Å². The lowest BCUT2D eigenvalue weighted by atomic mass is 10.1. The highest BCUT2D eigenvalue weighted by Gasteiger charge is 2.13. The van der Waals surface area contributed by atoms with Crippen LogP contribution in [0.5, 0.6) is 0 Å². The summed E-state index contributed by atoms with van der Waals surface area (Å²) in [5, 5.41) is 3.40. The van der Waals surface area contributed by atoms with Crippen LogP contribution in [-0.2, 0) is 11.2 Å². The largest absolute Gasteiger partial charge is 0.380 e. The van der Waals surface area contributed by atoms with Crippen LogP contribution in [0.4, 0.5) is 4.39 Å². The van der Waals surface area contributed by atoms with E-state index in [1.165, 1.54) is 6.07 Å². The summed E-state index contributed by atoms with van der Waals surface area (Å²) in [5.41, 5.74) is 1.04. The Hall–Kier alpha value is -0.930. The molecule has 1 N–H and O–H groups in total. The molecule has 0 saturated carbocycles. The van der Waals surface area contributed by atoms with Crippen LogP contribution < -0.4 is 5.32 Å². The van der Waals surface area contributed by atoms with E-state index in [0.717, 1.165) is 38.2 Å². The topological polar surface area (TPSA) is 21.3 Å². The number of ether oxygens (including phenoxy) is 1. The summed E-state index contributed by atoms with van der Waals surface area (Å²) in [5.74, 6) is -0.156. The highest BCUT2D eigenvalue weighted by molar-refractivity contribution is 5.16. The van der Waals surface area contributed by atoms with Crippen molar-refractivity contribution in [2.45, 2.75) is 18.9 Å². The fraction of sp³-hybridized carbons (Fsp3) is 0.500. The van der Waals surface area contributed by atoms with E-state index in [-0.39, 0.29) is 5.82 Å². The fourth-order valence-corrected chi connectivity index (χ4v) is 1.81. The summed E-state index contributed by atoms with van der Waals surface area (Å²) in [4.78, 5) is 0. The number of nitrogens with one attached hydrogen (secondary N) is 1. The van der Waals surface area contributed by atoms with Gasteiger partial charge in [0, 0.05) is 12.6 Å². The maximum Gasteiger partial charge on any atom is 0.123 e. The minimum Gasteiger partial charge on any atom is -0.380 e. The number of hydrogen-bond donors (Lipinski definition) is 1. The Labute approximate surface area is 89.4 Å². The van der Waals surface area contributed by atoms with E-state index in [4.69, 9.17) is 4.74 Å². The summed E-state index contributed by atoms with van der Waals surface area (Å²) < 4.78 is 18.1. The van der Waals surface area contributed by atoms with Crippen molar-refractivity contribution in [3.8, 4) is 0 Å². The number of rotatable bonds is 4. The monoisotopic (exact) mass is 209 g/mol. The van der Waals surface area contributed by atoms with Gasteiger partial charge >= 0.3 is 0 Å². The van der Waals surface area contributed by atoms with Gasteiger partial charge < -0.3 is 10.1 Å². The third-order valence-electron chi connectivity index (χ3n) is 2.67. The van der Waals surface area contributed by atoms with Crippen molar-refractivity contribution in [3.05, 3.63) is 35.6 Å². The first-order valence-electron chi connectivity index (χ1n) is 5.40. The minimum atomic E-state index is -0.156. The van der Waals surface area contributed by atoms with Crippen molar-refractivity contribution in [2.24, 2.45) is 0 Å². The molecular weight excluding hydrogens is 193 g/mol. The summed E-state index contributed by atoms with van der Waals surface area (Å²) in [6.07, 6.45) is 1.96. The van der Waals surface area contributed by atoms with Crippen molar-refractivity contribution < 1.29 is 9.13 Å². The minimum absolute atomic E-state index is 0.156. The molecule has 0 radical (unpaired) electrons. The van der Waals surface area contributed by atoms with E-state index in [1.807, 2.05) is 6.07 Å². The molecule has 0 aliphatic carbocycles. The van der Waals surface area contributed by atoms with Gasteiger partial charge in [-0.15, -0.1) is 0 Å². The van der Waals surface area contributed by atoms with E-state index in [1.54, 1.807) is 12.1 Å². The summed E-state index contributed by atoms with van der Waals surface area (Å²) in [6.45, 7) is 2.55. The molecule has 0 spiro atoms. The van der Waals surface area contributed by atoms with Gasteiger partial charge in [0.15, 0.2) is 0 Å². The van der Waals surface area contributed by atoms with Gasteiger partial charge in [-0.2, -0.15) is 0 Å². The maximum atomic E-state index is 12.9. The second-order valence-electron chi connectivity index (χ2n) is 3.89. The van der Waals surface area contributed by atoms with Crippen molar-refractivity contribution in [2.75, 3.05) is 19.8 Å². The zero-order valence-electron chi connectivity index (χ0n) is 8.71. The van der Waals surface area contributed by atoms with Gasteiger partial charge in [-0.1, -0.05) is 12.1 Å². The molecule has 1 heterocycles. The van der Waals surface area contributed by atoms with E-state index in [9.17, 15) is 4.39 Å². The molecule has 1 aromatic rings. The van der Waals surface area contributed by atoms with Crippen molar-refractivity contribution in [1.29, 1.82) is 0 Å². The van der Waals surface area contributed by atoms with Crippen LogP contribution in [0.25, 0.3) is 0 Å². The van der Waals surface area contributed by atoms with Gasteiger partial charge in [0.05, 0.1) is 6.61 Å². The Balaban J connectivity index is 1.73. The Morgan fingerprint density at radius 2 is 2.40 bits per heavy atom. The molecule has 1 saturated heterocycles. The number of benzene rings is 1. The maximum absolute atomic E-state index is 12.9. The van der Waals surface area contributed by atoms with Gasteiger partial charge in [-0.25, -0.2) is 4.39 Å². The van der Waals surface area contributed by atoms with Gasteiger partial charge in [0.2, 0.25) is 0 Å². The standard InChI is InChI=1S/C12H16FNO/c13-11-3-1-2-10(8-11)4-6-14-12-5-7-15-9-12/h1-3,8,12,14H,4-7,9H2. The number of halogens is 1. The van der Waals surface area contributed by atoms with Crippen molar-refractivity contribution in [1.82, 2.24) is 5.32 Å². The van der Waals surface area contributed by atoms with Crippen molar-refractivity contribution >= 4 is 0 Å². The SMILES string of the molecule is Fc1cccc(CCNC2CCOC2)c1. The van der Waals surface area contributed by atoms with Crippen molar-refractivity contribution in [3.63, 3.8) is 0 Å². The zero-order valence-corrected chi connectivity index (χ0v) is 8.71. The Morgan fingerprint density at radius 3 is 3.13 bits per heavy atom. The molecule has 0 bridgehead atoms. The fourth-order valence-electron chi connectivity index (χ4n) is 1.81. The van der Waals surface area contributed by atoms with Crippen LogP contribution >= 0.6 is 0 Å². The first-order valence-corrected chi connectivity index (χ1v) is 5.40. The molecule has 82 valence electrons. The van der Waals surface area contributed by atoms with Gasteiger partial charge in [-0.05, 0) is 37.1 Å². The molecule has 0 amide bonds. The average molecular weight is 209 g/mol. The molecule has 2 nitrogen and oxygen atoms in total. The second-order valence-corrected chi connectivity index (χ2v) is 3.89. The Bertz CT molecular complexity index is 310. The predicted molar refractivity (Wildman–Crippen MR) is 57.3 cm³/mol. The molecule has 1 aliphatic rings. The number of hydrogen-bond acceptors (Lipinski definition) is 2. The van der Waals surface area contributed by atoms with Gasteiger partial charge in [-0.3, -0.25) is 0 Å². The highest BCUT2D eigenvalue weighted by Crippen LogP contribution is 2.05. The normalized spacial score (nSPS) is 20.7. The molecule has 15 heavy (non-hydrogen) atoms. The molecule has 1 aromatic carbocycles. The van der Waals surface area contributed by atoms with Crippen LogP contribution in [0.3, 0.4) is 0 Å². The summed E-state index contributed by atoms with van der Waals surface area (Å²) in [6, 6.07) is 7.26. The third kappa shape index (κ3) is 3.29. The van der Waals surface area contributed by atoms with Crippen LogP contribution in [0.2, 0.25) is 0 Å². The van der Waals surface area contributed by atoms with E-state index in [0.29, 0.717) is 6.04 Å². The van der Waals surface area contributed by atoms with Gasteiger partial charge in [0.1, 0.15) is 5.82 Å². The van der Waals surface area contributed by atoms with Crippen LogP contribution in [-0.4, -0.2) is 25.8 Å². The van der Waals surface area contributed by atoms with Crippen LogP contribution in [0.15, 0.2) is 24.3 Å². The molecule has 2 rings (SSSR count). The quantitative estimate of drug-likeness (QED) is 0.815. The molecule has 3 heteroatoms. The highest BCUT2D eigenvalue weighted by atomic mass is 19.1. The first kappa shape index (κ1) is 10.6. The molecule has 1 atom stereocenters. The molecule has 1 aliphatic heterocycles. The molecule has 0 aromatic heterocycles. The molecule has 1 unspecified atom stereocenters. The Morgan fingerprint density at radius 1 is 1.47 bits per heavy atom. The second kappa shape index (κ2) is 5.24. The smallest absolute Gasteiger partial charge is 0.123 e. The van der Waals surface area contributed by atoms with E-state index >= 15 is 0 Å². The lowest BCUT2D eigenvalue weighted by Crippen LogP contribution is -2.30. The molecule has 1 fully saturated rings. The average Bonchev–Trinajstić information content (AvgIpc) is 2.71. The predicted octanol–water partition coefficient (Wildman–Crippen LogP) is 1.75. The summed E-state index contributed by atoms with van der Waals surface area (Å²) in [7, 11) is 0. The lowest BCUT2D eigenvalue weighted by Gasteiger charge is -2.09. The van der Waals surface area contributed by atoms with Crippen LogP contribution in [0, 0.1) is 5.82 Å².